The van der Waals surface area contributed by atoms with Crippen molar-refractivity contribution in [2.45, 2.75) is 92.5 Å². The predicted molar refractivity (Wildman–Crippen MR) is 178 cm³/mol. The van der Waals surface area contributed by atoms with Crippen molar-refractivity contribution in [3.8, 4) is 11.1 Å². The first-order valence-electron chi connectivity index (χ1n) is 15.6. The number of aliphatic carboxylic acids is 1. The van der Waals surface area contributed by atoms with Gasteiger partial charge in [-0.25, -0.2) is 4.79 Å². The van der Waals surface area contributed by atoms with Gasteiger partial charge in [0, 0.05) is 49.0 Å². The number of carbonyl (C=O) groups is 1. The van der Waals surface area contributed by atoms with Gasteiger partial charge >= 0.3 is 5.97 Å². The molecule has 1 atom stereocenters. The number of anilines is 1. The lowest BCUT2D eigenvalue weighted by molar-refractivity contribution is -0.160. The smallest absolute Gasteiger partial charge is 0.337 e. The summed E-state index contributed by atoms with van der Waals surface area (Å²) >= 11 is 6.54. The zero-order valence-electron chi connectivity index (χ0n) is 27.1. The van der Waals surface area contributed by atoms with Crippen LogP contribution in [0.1, 0.15) is 87.1 Å². The van der Waals surface area contributed by atoms with Gasteiger partial charge in [-0.1, -0.05) is 55.8 Å². The molecule has 2 aliphatic rings. The molecule has 0 radical (unpaired) electrons. The van der Waals surface area contributed by atoms with Crippen molar-refractivity contribution in [3.05, 3.63) is 85.3 Å². The second kappa shape index (κ2) is 12.3. The Bertz CT molecular complexity index is 1590. The summed E-state index contributed by atoms with van der Waals surface area (Å²) in [4.78, 5) is 34.2. The van der Waals surface area contributed by atoms with E-state index in [1.54, 1.807) is 6.92 Å². The standard InChI is InChI=1S/C36H46ClN3O4/c1-22-9-8-10-28(37)27(22)21-39-16-13-24-19-25(11-12-26(24)20-39)30-31(40-17-14-36(6,7)15-18-40)29(23(2)38-33(30)41)32(34(42)43)44-35(3,4)5/h8-12,19,32H,13-18,20-21H2,1-7H3,(H,38,41)(H,42,43)/t32-/m0/s1. The third kappa shape index (κ3) is 6.90. The maximum atomic E-state index is 13.9. The van der Waals surface area contributed by atoms with Gasteiger partial charge in [0.25, 0.3) is 5.56 Å². The van der Waals surface area contributed by atoms with Crippen LogP contribution < -0.4 is 10.5 Å². The number of piperidine rings is 1. The van der Waals surface area contributed by atoms with Crippen LogP contribution in [0.15, 0.2) is 41.2 Å². The van der Waals surface area contributed by atoms with E-state index < -0.39 is 17.7 Å². The molecule has 0 saturated carbocycles. The summed E-state index contributed by atoms with van der Waals surface area (Å²) in [5.74, 6) is -1.07. The molecule has 3 aromatic rings. The fourth-order valence-electron chi connectivity index (χ4n) is 6.55. The second-order valence-corrected chi connectivity index (χ2v) is 14.7. The molecule has 2 N–H and O–H groups in total. The van der Waals surface area contributed by atoms with E-state index in [0.29, 0.717) is 22.5 Å². The highest BCUT2D eigenvalue weighted by atomic mass is 35.5. The molecule has 0 unspecified atom stereocenters. The SMILES string of the molecule is Cc1cccc(Cl)c1CN1CCc2cc(-c3c(N4CCC(C)(C)CC4)c([C@H](OC(C)(C)C)C(=O)O)c(C)[nH]c3=O)ccc2C1. The fourth-order valence-corrected chi connectivity index (χ4v) is 6.83. The van der Waals surface area contributed by atoms with Crippen LogP contribution in [0, 0.1) is 19.3 Å². The molecule has 0 aliphatic carbocycles. The van der Waals surface area contributed by atoms with Gasteiger partial charge in [0.15, 0.2) is 6.10 Å². The number of nitrogens with one attached hydrogen (secondary N) is 1. The molecular weight excluding hydrogens is 574 g/mol. The molecule has 1 fully saturated rings. The van der Waals surface area contributed by atoms with E-state index in [0.717, 1.165) is 68.1 Å². The number of aromatic amines is 1. The minimum atomic E-state index is -1.23. The van der Waals surface area contributed by atoms with Gasteiger partial charge in [-0.15, -0.1) is 0 Å². The van der Waals surface area contributed by atoms with E-state index in [9.17, 15) is 14.7 Å². The van der Waals surface area contributed by atoms with Crippen LogP contribution in [0.5, 0.6) is 0 Å². The number of fused-ring (bicyclic) bond motifs is 1. The molecule has 0 amide bonds. The average Bonchev–Trinajstić information content (AvgIpc) is 2.93. The largest absolute Gasteiger partial charge is 0.479 e. The molecule has 7 nitrogen and oxygen atoms in total. The van der Waals surface area contributed by atoms with Crippen molar-refractivity contribution in [3.63, 3.8) is 0 Å². The Kier molecular flexibility index (Phi) is 9.05. The number of aromatic nitrogens is 1. The van der Waals surface area contributed by atoms with E-state index in [1.807, 2.05) is 39.0 Å². The molecule has 236 valence electrons. The summed E-state index contributed by atoms with van der Waals surface area (Å²) in [6, 6.07) is 12.3. The maximum Gasteiger partial charge on any atom is 0.337 e. The number of H-pyrrole nitrogens is 1. The number of nitrogens with zero attached hydrogens (tertiary/aromatic N) is 2. The van der Waals surface area contributed by atoms with Gasteiger partial charge in [-0.2, -0.15) is 0 Å². The Morgan fingerprint density at radius 3 is 2.43 bits per heavy atom. The lowest BCUT2D eigenvalue weighted by Crippen LogP contribution is -2.40. The van der Waals surface area contributed by atoms with E-state index in [1.165, 1.54) is 16.7 Å². The van der Waals surface area contributed by atoms with Gasteiger partial charge in [0.1, 0.15) is 0 Å². The van der Waals surface area contributed by atoms with E-state index in [4.69, 9.17) is 16.3 Å². The Morgan fingerprint density at radius 2 is 1.80 bits per heavy atom. The molecule has 5 rings (SSSR count). The summed E-state index contributed by atoms with van der Waals surface area (Å²) in [7, 11) is 0. The van der Waals surface area contributed by atoms with Crippen LogP contribution in [0.4, 0.5) is 5.69 Å². The Hall–Kier alpha value is -3.13. The highest BCUT2D eigenvalue weighted by Crippen LogP contribution is 2.42. The van der Waals surface area contributed by atoms with Crippen molar-refractivity contribution in [1.29, 1.82) is 0 Å². The maximum absolute atomic E-state index is 13.9. The number of benzene rings is 2. The quantitative estimate of drug-likeness (QED) is 0.286. The fraction of sp³-hybridized carbons (Fsp3) is 0.500. The van der Waals surface area contributed by atoms with Gasteiger partial charge in [0.05, 0.1) is 16.9 Å². The van der Waals surface area contributed by atoms with Gasteiger partial charge in [-0.05, 0) is 93.2 Å². The molecule has 0 spiro atoms. The van der Waals surface area contributed by atoms with Crippen molar-refractivity contribution < 1.29 is 14.6 Å². The first-order valence-corrected chi connectivity index (χ1v) is 16.0. The van der Waals surface area contributed by atoms with Crippen LogP contribution in [-0.4, -0.2) is 46.2 Å². The van der Waals surface area contributed by atoms with Crippen LogP contribution in [-0.2, 0) is 29.0 Å². The highest BCUT2D eigenvalue weighted by molar-refractivity contribution is 6.31. The summed E-state index contributed by atoms with van der Waals surface area (Å²) < 4.78 is 6.17. The molecule has 3 heterocycles. The lowest BCUT2D eigenvalue weighted by Gasteiger charge is -2.41. The van der Waals surface area contributed by atoms with Gasteiger partial charge < -0.3 is 19.7 Å². The summed E-state index contributed by atoms with van der Waals surface area (Å²) in [5, 5.41) is 11.2. The number of ether oxygens (including phenoxy) is 1. The van der Waals surface area contributed by atoms with Crippen LogP contribution in [0.25, 0.3) is 11.1 Å². The summed E-state index contributed by atoms with van der Waals surface area (Å²) in [5.41, 5.74) is 7.13. The summed E-state index contributed by atoms with van der Waals surface area (Å²) in [6.45, 7) is 17.9. The molecule has 44 heavy (non-hydrogen) atoms. The molecule has 0 bridgehead atoms. The number of carboxylic acid groups (broad SMARTS) is 1. The minimum absolute atomic E-state index is 0.182. The number of rotatable bonds is 7. The van der Waals surface area contributed by atoms with Gasteiger partial charge in [0.2, 0.25) is 0 Å². The number of pyridine rings is 1. The van der Waals surface area contributed by atoms with Crippen LogP contribution >= 0.6 is 11.6 Å². The zero-order chi connectivity index (χ0) is 32.0. The monoisotopic (exact) mass is 619 g/mol. The lowest BCUT2D eigenvalue weighted by atomic mass is 9.82. The molecule has 2 aliphatic heterocycles. The average molecular weight is 620 g/mol. The topological polar surface area (TPSA) is 85.9 Å². The Balaban J connectivity index is 1.58. The summed E-state index contributed by atoms with van der Waals surface area (Å²) in [6.07, 6.45) is 1.51. The number of halogens is 1. The number of aryl methyl sites for hydroxylation is 2. The first kappa shape index (κ1) is 32.3. The van der Waals surface area contributed by atoms with E-state index in [-0.39, 0.29) is 11.0 Å². The Labute approximate surface area is 266 Å². The third-order valence-electron chi connectivity index (χ3n) is 9.14. The third-order valence-corrected chi connectivity index (χ3v) is 9.49. The number of hydrogen-bond donors (Lipinski definition) is 2. The van der Waals surface area contributed by atoms with Crippen molar-refractivity contribution in [1.82, 2.24) is 9.88 Å². The number of hydrogen-bond acceptors (Lipinski definition) is 5. The first-order chi connectivity index (χ1) is 20.6. The molecule has 1 saturated heterocycles. The number of carboxylic acids is 1. The van der Waals surface area contributed by atoms with E-state index >= 15 is 0 Å². The highest BCUT2D eigenvalue weighted by Gasteiger charge is 2.36. The molecule has 8 heteroatoms. The van der Waals surface area contributed by atoms with Crippen LogP contribution in [0.3, 0.4) is 0 Å². The molecule has 1 aromatic heterocycles. The van der Waals surface area contributed by atoms with Crippen molar-refractivity contribution in [2.24, 2.45) is 5.41 Å². The normalized spacial score (nSPS) is 17.8. The van der Waals surface area contributed by atoms with Crippen molar-refractivity contribution in [2.75, 3.05) is 24.5 Å². The predicted octanol–water partition coefficient (Wildman–Crippen LogP) is 7.44. The zero-order valence-corrected chi connectivity index (χ0v) is 27.9. The van der Waals surface area contributed by atoms with Gasteiger partial charge in [-0.3, -0.25) is 9.69 Å². The Morgan fingerprint density at radius 1 is 1.09 bits per heavy atom. The van der Waals surface area contributed by atoms with Crippen molar-refractivity contribution >= 4 is 23.3 Å². The molecular formula is C36H46ClN3O4. The van der Waals surface area contributed by atoms with Crippen LogP contribution in [0.2, 0.25) is 5.02 Å². The minimum Gasteiger partial charge on any atom is -0.479 e. The second-order valence-electron chi connectivity index (χ2n) is 14.3. The van der Waals surface area contributed by atoms with E-state index in [2.05, 4.69) is 53.8 Å². The molecule has 2 aromatic carbocycles.